The Balaban J connectivity index is 2.24. The molecule has 2 unspecified atom stereocenters. The van der Waals surface area contributed by atoms with Crippen LogP contribution in [0.25, 0.3) is 0 Å². The van der Waals surface area contributed by atoms with Crippen LogP contribution in [0.4, 0.5) is 10.1 Å². The van der Waals surface area contributed by atoms with E-state index in [4.69, 9.17) is 5.73 Å². The van der Waals surface area contributed by atoms with Gasteiger partial charge < -0.3 is 10.8 Å². The summed E-state index contributed by atoms with van der Waals surface area (Å²) in [6.45, 7) is 0. The Morgan fingerprint density at radius 1 is 1.53 bits per heavy atom. The van der Waals surface area contributed by atoms with Crippen LogP contribution in [0.2, 0.25) is 0 Å². The first kappa shape index (κ1) is 10.8. The molecule has 15 heavy (non-hydrogen) atoms. The van der Waals surface area contributed by atoms with Gasteiger partial charge in [0.25, 0.3) is 0 Å². The van der Waals surface area contributed by atoms with Gasteiger partial charge in [0.15, 0.2) is 0 Å². The molecule has 3 N–H and O–H groups in total. The fourth-order valence-corrected chi connectivity index (χ4v) is 3.16. The number of para-hydroxylation sites is 1. The van der Waals surface area contributed by atoms with Gasteiger partial charge in [-0.2, -0.15) is 11.8 Å². The Morgan fingerprint density at radius 3 is 3.00 bits per heavy atom. The van der Waals surface area contributed by atoms with E-state index in [0.717, 1.165) is 18.6 Å². The lowest BCUT2D eigenvalue weighted by Crippen LogP contribution is -2.14. The molecule has 0 bridgehead atoms. The monoisotopic (exact) mass is 227 g/mol. The summed E-state index contributed by atoms with van der Waals surface area (Å²) in [7, 11) is 0. The number of hydrogen-bond donors (Lipinski definition) is 2. The van der Waals surface area contributed by atoms with Crippen molar-refractivity contribution in [2.24, 2.45) is 0 Å². The molecule has 2 nitrogen and oxygen atoms in total. The van der Waals surface area contributed by atoms with Crippen LogP contribution in [-0.4, -0.2) is 16.1 Å². The molecular formula is C11H14FNOS. The number of thioether (sulfide) groups is 1. The van der Waals surface area contributed by atoms with Crippen molar-refractivity contribution >= 4 is 17.4 Å². The summed E-state index contributed by atoms with van der Waals surface area (Å²) in [6, 6.07) is 4.60. The van der Waals surface area contributed by atoms with Crippen molar-refractivity contribution in [3.63, 3.8) is 0 Å². The molecule has 0 radical (unpaired) electrons. The second kappa shape index (κ2) is 4.41. The highest BCUT2D eigenvalue weighted by atomic mass is 32.2. The number of halogens is 1. The Kier molecular flexibility index (Phi) is 3.17. The molecular weight excluding hydrogens is 213 g/mol. The van der Waals surface area contributed by atoms with Gasteiger partial charge in [-0.1, -0.05) is 12.1 Å². The lowest BCUT2D eigenvalue weighted by molar-refractivity contribution is 0.173. The summed E-state index contributed by atoms with van der Waals surface area (Å²) in [6.07, 6.45) is 1.44. The minimum absolute atomic E-state index is 0.0810. The summed E-state index contributed by atoms with van der Waals surface area (Å²) < 4.78 is 13.2. The summed E-state index contributed by atoms with van der Waals surface area (Å²) in [5, 5.41) is 10.2. The van der Waals surface area contributed by atoms with E-state index < -0.39 is 11.9 Å². The number of nitrogen functional groups attached to an aromatic ring is 1. The van der Waals surface area contributed by atoms with Crippen LogP contribution in [0.1, 0.15) is 24.5 Å². The molecule has 2 rings (SSSR count). The maximum Gasteiger partial charge on any atom is 0.146 e. The SMILES string of the molecule is Nc1c(F)cccc1C(O)C1CCCS1. The van der Waals surface area contributed by atoms with Crippen LogP contribution in [0.3, 0.4) is 0 Å². The molecule has 82 valence electrons. The van der Waals surface area contributed by atoms with Crippen molar-refractivity contribution in [3.8, 4) is 0 Å². The van der Waals surface area contributed by atoms with Crippen molar-refractivity contribution in [3.05, 3.63) is 29.6 Å². The van der Waals surface area contributed by atoms with Gasteiger partial charge in [-0.3, -0.25) is 0 Å². The second-order valence-electron chi connectivity index (χ2n) is 3.74. The lowest BCUT2D eigenvalue weighted by Gasteiger charge is -2.19. The van der Waals surface area contributed by atoms with Crippen LogP contribution in [0.5, 0.6) is 0 Å². The van der Waals surface area contributed by atoms with E-state index in [1.54, 1.807) is 23.9 Å². The van der Waals surface area contributed by atoms with E-state index in [1.807, 2.05) is 0 Å². The summed E-state index contributed by atoms with van der Waals surface area (Å²) in [5.74, 6) is 0.617. The number of aliphatic hydroxyl groups is 1. The van der Waals surface area contributed by atoms with Gasteiger partial charge in [0.05, 0.1) is 11.8 Å². The highest BCUT2D eigenvalue weighted by Crippen LogP contribution is 2.37. The number of anilines is 1. The minimum atomic E-state index is -0.645. The average molecular weight is 227 g/mol. The van der Waals surface area contributed by atoms with Crippen molar-refractivity contribution < 1.29 is 9.50 Å². The fraction of sp³-hybridized carbons (Fsp3) is 0.455. The highest BCUT2D eigenvalue weighted by molar-refractivity contribution is 8.00. The number of nitrogens with two attached hydrogens (primary N) is 1. The Hall–Kier alpha value is -0.740. The first-order valence-electron chi connectivity index (χ1n) is 5.03. The molecule has 0 aliphatic carbocycles. The topological polar surface area (TPSA) is 46.2 Å². The molecule has 1 aromatic carbocycles. The van der Waals surface area contributed by atoms with E-state index in [0.29, 0.717) is 5.56 Å². The van der Waals surface area contributed by atoms with Gasteiger partial charge in [0.1, 0.15) is 5.82 Å². The largest absolute Gasteiger partial charge is 0.396 e. The smallest absolute Gasteiger partial charge is 0.146 e. The van der Waals surface area contributed by atoms with Crippen molar-refractivity contribution in [1.29, 1.82) is 0 Å². The summed E-state index contributed by atoms with van der Waals surface area (Å²) in [4.78, 5) is 0. The van der Waals surface area contributed by atoms with Crippen LogP contribution in [0, 0.1) is 5.82 Å². The van der Waals surface area contributed by atoms with Crippen molar-refractivity contribution in [2.75, 3.05) is 11.5 Å². The molecule has 4 heteroatoms. The van der Waals surface area contributed by atoms with Gasteiger partial charge in [0, 0.05) is 10.8 Å². The quantitative estimate of drug-likeness (QED) is 0.762. The molecule has 1 fully saturated rings. The van der Waals surface area contributed by atoms with E-state index in [9.17, 15) is 9.50 Å². The standard InChI is InChI=1S/C11H14FNOS/c12-8-4-1-3-7(10(8)13)11(14)9-5-2-6-15-9/h1,3-4,9,11,14H,2,5-6,13H2. The zero-order valence-electron chi connectivity index (χ0n) is 8.32. The molecule has 0 saturated carbocycles. The molecule has 1 aliphatic heterocycles. The van der Waals surface area contributed by atoms with Gasteiger partial charge in [-0.05, 0) is 24.7 Å². The molecule has 1 aliphatic rings. The molecule has 2 atom stereocenters. The highest BCUT2D eigenvalue weighted by Gasteiger charge is 2.26. The second-order valence-corrected chi connectivity index (χ2v) is 5.09. The zero-order valence-corrected chi connectivity index (χ0v) is 9.14. The Bertz CT molecular complexity index is 352. The van der Waals surface area contributed by atoms with E-state index in [2.05, 4.69) is 0 Å². The normalized spacial score (nSPS) is 22.9. The van der Waals surface area contributed by atoms with E-state index >= 15 is 0 Å². The van der Waals surface area contributed by atoms with Crippen molar-refractivity contribution in [1.82, 2.24) is 0 Å². The number of rotatable bonds is 2. The van der Waals surface area contributed by atoms with E-state index in [-0.39, 0.29) is 10.9 Å². The van der Waals surface area contributed by atoms with Gasteiger partial charge in [-0.25, -0.2) is 4.39 Å². The van der Waals surface area contributed by atoms with Crippen LogP contribution >= 0.6 is 11.8 Å². The summed E-state index contributed by atoms with van der Waals surface area (Å²) >= 11 is 1.73. The fourth-order valence-electron chi connectivity index (χ4n) is 1.86. The maximum atomic E-state index is 13.2. The third-order valence-corrected chi connectivity index (χ3v) is 4.17. The maximum absolute atomic E-state index is 13.2. The number of aliphatic hydroxyl groups excluding tert-OH is 1. The van der Waals surface area contributed by atoms with Gasteiger partial charge in [0.2, 0.25) is 0 Å². The molecule has 1 heterocycles. The first-order valence-corrected chi connectivity index (χ1v) is 6.08. The van der Waals surface area contributed by atoms with E-state index in [1.165, 1.54) is 6.07 Å². The molecule has 0 spiro atoms. The minimum Gasteiger partial charge on any atom is -0.396 e. The molecule has 0 amide bonds. The average Bonchev–Trinajstić information content (AvgIpc) is 2.74. The number of benzene rings is 1. The molecule has 1 aromatic rings. The summed E-state index contributed by atoms with van der Waals surface area (Å²) in [5.41, 5.74) is 6.21. The van der Waals surface area contributed by atoms with Crippen LogP contribution in [0.15, 0.2) is 18.2 Å². The third kappa shape index (κ3) is 2.11. The predicted octanol–water partition coefficient (Wildman–Crippen LogP) is 2.34. The van der Waals surface area contributed by atoms with Crippen LogP contribution in [-0.2, 0) is 0 Å². The zero-order chi connectivity index (χ0) is 10.8. The Labute approximate surface area is 92.7 Å². The van der Waals surface area contributed by atoms with Crippen molar-refractivity contribution in [2.45, 2.75) is 24.2 Å². The predicted molar refractivity (Wildman–Crippen MR) is 61.3 cm³/mol. The first-order chi connectivity index (χ1) is 7.20. The molecule has 0 aromatic heterocycles. The van der Waals surface area contributed by atoms with Crippen LogP contribution < -0.4 is 5.73 Å². The lowest BCUT2D eigenvalue weighted by atomic mass is 10.0. The van der Waals surface area contributed by atoms with Gasteiger partial charge in [-0.15, -0.1) is 0 Å². The third-order valence-electron chi connectivity index (χ3n) is 2.72. The Morgan fingerprint density at radius 2 is 2.33 bits per heavy atom. The van der Waals surface area contributed by atoms with Gasteiger partial charge >= 0.3 is 0 Å². The number of hydrogen-bond acceptors (Lipinski definition) is 3. The molecule has 1 saturated heterocycles.